The predicted octanol–water partition coefficient (Wildman–Crippen LogP) is 3.50. The quantitative estimate of drug-likeness (QED) is 0.672. The monoisotopic (exact) mass is 252 g/mol. The van der Waals surface area contributed by atoms with Gasteiger partial charge in [0, 0.05) is 6.54 Å². The van der Waals surface area contributed by atoms with Crippen LogP contribution in [0.2, 0.25) is 0 Å². The molecule has 0 spiro atoms. The highest BCUT2D eigenvalue weighted by Crippen LogP contribution is 2.23. The fourth-order valence-corrected chi connectivity index (χ4v) is 1.89. The van der Waals surface area contributed by atoms with Crippen molar-refractivity contribution >= 4 is 5.91 Å². The van der Waals surface area contributed by atoms with Crippen LogP contribution in [0, 0.1) is 28.6 Å². The second-order valence-corrected chi connectivity index (χ2v) is 6.19. The Balaban J connectivity index is 4.14. The second kappa shape index (κ2) is 8.13. The summed E-state index contributed by atoms with van der Waals surface area (Å²) in [6.07, 6.45) is 4.77. The molecule has 0 aromatic rings. The maximum absolute atomic E-state index is 11.9. The van der Waals surface area contributed by atoms with Gasteiger partial charge in [0.05, 0.1) is 6.07 Å². The van der Waals surface area contributed by atoms with Gasteiger partial charge in [-0.25, -0.2) is 0 Å². The number of unbranched alkanes of at least 4 members (excludes halogenated alkanes) is 2. The van der Waals surface area contributed by atoms with E-state index in [0.717, 1.165) is 6.42 Å². The second-order valence-electron chi connectivity index (χ2n) is 6.19. The van der Waals surface area contributed by atoms with Gasteiger partial charge in [-0.15, -0.1) is 0 Å². The third kappa shape index (κ3) is 6.64. The van der Waals surface area contributed by atoms with Gasteiger partial charge in [0.15, 0.2) is 0 Å². The Kier molecular flexibility index (Phi) is 7.66. The van der Waals surface area contributed by atoms with Crippen molar-refractivity contribution < 1.29 is 4.79 Å². The van der Waals surface area contributed by atoms with Crippen molar-refractivity contribution in [3.8, 4) is 6.07 Å². The van der Waals surface area contributed by atoms with Crippen molar-refractivity contribution in [2.75, 3.05) is 6.54 Å². The van der Waals surface area contributed by atoms with E-state index in [0.29, 0.717) is 6.54 Å². The molecule has 0 fully saturated rings. The van der Waals surface area contributed by atoms with Gasteiger partial charge < -0.3 is 5.32 Å². The van der Waals surface area contributed by atoms with Crippen molar-refractivity contribution in [3.63, 3.8) is 0 Å². The molecule has 0 rings (SSSR count). The third-order valence-electron chi connectivity index (χ3n) is 3.29. The molecule has 0 aliphatic heterocycles. The van der Waals surface area contributed by atoms with Crippen LogP contribution in [-0.4, -0.2) is 12.5 Å². The summed E-state index contributed by atoms with van der Waals surface area (Å²) in [6.45, 7) is 11.0. The van der Waals surface area contributed by atoms with Gasteiger partial charge in [-0.1, -0.05) is 53.9 Å². The van der Waals surface area contributed by atoms with E-state index in [9.17, 15) is 4.79 Å². The Labute approximate surface area is 112 Å². The standard InChI is InChI=1S/C15H28N2O/c1-6-7-8-9-15(4,5)11-17-14(18)13(10-16)12(2)3/h12-13H,6-9,11H2,1-5H3,(H,17,18). The number of hydrogen-bond acceptors (Lipinski definition) is 2. The molecule has 0 aliphatic carbocycles. The number of nitriles is 1. The zero-order chi connectivity index (χ0) is 14.2. The van der Waals surface area contributed by atoms with Crippen LogP contribution in [0.5, 0.6) is 0 Å². The first-order valence-corrected chi connectivity index (χ1v) is 7.01. The molecule has 0 bridgehead atoms. The molecule has 18 heavy (non-hydrogen) atoms. The molecule has 1 atom stereocenters. The first-order chi connectivity index (χ1) is 8.34. The van der Waals surface area contributed by atoms with Crippen molar-refractivity contribution in [1.82, 2.24) is 5.32 Å². The van der Waals surface area contributed by atoms with Gasteiger partial charge in [0.2, 0.25) is 5.91 Å². The SMILES string of the molecule is CCCCCC(C)(C)CNC(=O)C(C#N)C(C)C. The van der Waals surface area contributed by atoms with E-state index < -0.39 is 5.92 Å². The summed E-state index contributed by atoms with van der Waals surface area (Å²) in [5.74, 6) is -0.592. The molecule has 0 heterocycles. The van der Waals surface area contributed by atoms with Gasteiger partial charge in [0.25, 0.3) is 0 Å². The number of carbonyl (C=O) groups is 1. The minimum absolute atomic E-state index is 0.0678. The molecule has 0 radical (unpaired) electrons. The fourth-order valence-electron chi connectivity index (χ4n) is 1.89. The van der Waals surface area contributed by atoms with Gasteiger partial charge >= 0.3 is 0 Å². The lowest BCUT2D eigenvalue weighted by atomic mass is 9.86. The molecular weight excluding hydrogens is 224 g/mol. The van der Waals surface area contributed by atoms with E-state index in [2.05, 4.69) is 32.2 Å². The molecule has 0 saturated carbocycles. The number of carbonyl (C=O) groups excluding carboxylic acids is 1. The van der Waals surface area contributed by atoms with Crippen molar-refractivity contribution in [2.24, 2.45) is 17.3 Å². The summed E-state index contributed by atoms with van der Waals surface area (Å²) in [5, 5.41) is 11.9. The van der Waals surface area contributed by atoms with Crippen LogP contribution in [0.25, 0.3) is 0 Å². The van der Waals surface area contributed by atoms with Crippen molar-refractivity contribution in [2.45, 2.75) is 60.3 Å². The summed E-state index contributed by atoms with van der Waals surface area (Å²) in [6, 6.07) is 2.08. The maximum Gasteiger partial charge on any atom is 0.237 e. The summed E-state index contributed by atoms with van der Waals surface area (Å²) in [7, 11) is 0. The molecule has 0 aromatic carbocycles. The number of amides is 1. The van der Waals surface area contributed by atoms with E-state index in [-0.39, 0.29) is 17.2 Å². The smallest absolute Gasteiger partial charge is 0.237 e. The van der Waals surface area contributed by atoms with Crippen LogP contribution in [0.15, 0.2) is 0 Å². The number of rotatable bonds is 8. The van der Waals surface area contributed by atoms with Crippen LogP contribution in [0.1, 0.15) is 60.3 Å². The lowest BCUT2D eigenvalue weighted by Gasteiger charge is -2.26. The summed E-state index contributed by atoms with van der Waals surface area (Å²) >= 11 is 0. The fraction of sp³-hybridized carbons (Fsp3) is 0.867. The summed E-state index contributed by atoms with van der Waals surface area (Å²) in [5.41, 5.74) is 0.113. The van der Waals surface area contributed by atoms with Crippen molar-refractivity contribution in [3.05, 3.63) is 0 Å². The minimum Gasteiger partial charge on any atom is -0.354 e. The van der Waals surface area contributed by atoms with Gasteiger partial charge in [-0.2, -0.15) is 5.26 Å². The van der Waals surface area contributed by atoms with E-state index in [4.69, 9.17) is 5.26 Å². The lowest BCUT2D eigenvalue weighted by molar-refractivity contribution is -0.124. The first kappa shape index (κ1) is 17.0. The highest BCUT2D eigenvalue weighted by Gasteiger charge is 2.24. The van der Waals surface area contributed by atoms with Crippen LogP contribution in [0.4, 0.5) is 0 Å². The third-order valence-corrected chi connectivity index (χ3v) is 3.29. The van der Waals surface area contributed by atoms with Gasteiger partial charge in [-0.3, -0.25) is 4.79 Å². The van der Waals surface area contributed by atoms with Gasteiger partial charge in [-0.05, 0) is 17.8 Å². The highest BCUT2D eigenvalue weighted by atomic mass is 16.1. The summed E-state index contributed by atoms with van der Waals surface area (Å²) in [4.78, 5) is 11.9. The van der Waals surface area contributed by atoms with E-state index in [1.54, 1.807) is 0 Å². The zero-order valence-electron chi connectivity index (χ0n) is 12.5. The largest absolute Gasteiger partial charge is 0.354 e. The average molecular weight is 252 g/mol. The van der Waals surface area contributed by atoms with Crippen LogP contribution in [-0.2, 0) is 4.79 Å². The molecule has 3 nitrogen and oxygen atoms in total. The van der Waals surface area contributed by atoms with Crippen molar-refractivity contribution in [1.29, 1.82) is 5.26 Å². The Morgan fingerprint density at radius 1 is 1.33 bits per heavy atom. The first-order valence-electron chi connectivity index (χ1n) is 7.01. The lowest BCUT2D eigenvalue weighted by Crippen LogP contribution is -2.38. The molecule has 1 N–H and O–H groups in total. The Morgan fingerprint density at radius 3 is 2.39 bits per heavy atom. The van der Waals surface area contributed by atoms with Crippen LogP contribution < -0.4 is 5.32 Å². The molecule has 3 heteroatoms. The molecule has 0 aliphatic rings. The van der Waals surface area contributed by atoms with E-state index in [1.807, 2.05) is 13.8 Å². The molecule has 104 valence electrons. The number of hydrogen-bond donors (Lipinski definition) is 1. The van der Waals surface area contributed by atoms with Gasteiger partial charge in [0.1, 0.15) is 5.92 Å². The molecule has 0 saturated heterocycles. The van der Waals surface area contributed by atoms with E-state index >= 15 is 0 Å². The highest BCUT2D eigenvalue weighted by molar-refractivity contribution is 5.81. The summed E-state index contributed by atoms with van der Waals surface area (Å²) < 4.78 is 0. The number of nitrogens with zero attached hydrogens (tertiary/aromatic N) is 1. The zero-order valence-corrected chi connectivity index (χ0v) is 12.5. The molecular formula is C15H28N2O. The molecule has 1 unspecified atom stereocenters. The average Bonchev–Trinajstić information content (AvgIpc) is 2.27. The van der Waals surface area contributed by atoms with E-state index in [1.165, 1.54) is 19.3 Å². The molecule has 0 aromatic heterocycles. The van der Waals surface area contributed by atoms with Crippen LogP contribution >= 0.6 is 0 Å². The predicted molar refractivity (Wildman–Crippen MR) is 74.9 cm³/mol. The number of nitrogens with one attached hydrogen (secondary N) is 1. The molecule has 1 amide bonds. The Hall–Kier alpha value is -1.04. The normalized spacial score (nSPS) is 13.2. The minimum atomic E-state index is -0.531. The topological polar surface area (TPSA) is 52.9 Å². The van der Waals surface area contributed by atoms with Crippen LogP contribution in [0.3, 0.4) is 0 Å². The Bertz CT molecular complexity index is 289. The Morgan fingerprint density at radius 2 is 1.94 bits per heavy atom. The maximum atomic E-state index is 11.9.